The van der Waals surface area contributed by atoms with Gasteiger partial charge >= 0.3 is 0 Å². The van der Waals surface area contributed by atoms with Crippen LogP contribution in [-0.2, 0) is 6.54 Å². The molecule has 0 amide bonds. The van der Waals surface area contributed by atoms with Crippen LogP contribution in [-0.4, -0.2) is 22.3 Å². The number of nitrogens with zero attached hydrogens (tertiary/aromatic N) is 2. The number of hydrogen-bond acceptors (Lipinski definition) is 6. The highest BCUT2D eigenvalue weighted by molar-refractivity contribution is 7.80. The van der Waals surface area contributed by atoms with Crippen LogP contribution in [0, 0.1) is 6.92 Å². The molecule has 0 aromatic carbocycles. The van der Waals surface area contributed by atoms with Crippen LogP contribution in [0.2, 0.25) is 0 Å². The number of hydrogen-bond donors (Lipinski definition) is 3. The maximum absolute atomic E-state index is 5.47. The second-order valence-electron chi connectivity index (χ2n) is 3.80. The second-order valence-corrected chi connectivity index (χ2v) is 4.25. The van der Waals surface area contributed by atoms with Gasteiger partial charge < -0.3 is 15.1 Å². The molecule has 96 valence electrons. The van der Waals surface area contributed by atoms with E-state index >= 15 is 0 Å². The zero-order valence-corrected chi connectivity index (χ0v) is 11.1. The third-order valence-corrected chi connectivity index (χ3v) is 2.55. The smallest absolute Gasteiger partial charge is 0.131 e. The molecule has 2 aromatic heterocycles. The van der Waals surface area contributed by atoms with E-state index in [0.29, 0.717) is 6.54 Å². The van der Waals surface area contributed by atoms with Crippen LogP contribution in [0.3, 0.4) is 0 Å². The average Bonchev–Trinajstić information content (AvgIpc) is 2.80. The van der Waals surface area contributed by atoms with Crippen molar-refractivity contribution in [2.75, 3.05) is 22.9 Å². The molecule has 0 unspecified atom stereocenters. The number of nitrogens with one attached hydrogen (secondary N) is 2. The summed E-state index contributed by atoms with van der Waals surface area (Å²) in [7, 11) is 0. The van der Waals surface area contributed by atoms with Crippen LogP contribution in [0.1, 0.15) is 11.5 Å². The predicted octanol–water partition coefficient (Wildman–Crippen LogP) is 2.33. The van der Waals surface area contributed by atoms with Gasteiger partial charge in [-0.2, -0.15) is 12.6 Å². The Labute approximate surface area is 111 Å². The molecule has 0 aliphatic heterocycles. The van der Waals surface area contributed by atoms with Crippen LogP contribution in [0.15, 0.2) is 28.9 Å². The second kappa shape index (κ2) is 6.30. The largest absolute Gasteiger partial charge is 0.465 e. The fraction of sp³-hybridized carbons (Fsp3) is 0.333. The van der Waals surface area contributed by atoms with Crippen molar-refractivity contribution in [3.05, 3.63) is 36.0 Å². The average molecular weight is 264 g/mol. The van der Waals surface area contributed by atoms with Crippen molar-refractivity contribution in [1.29, 1.82) is 0 Å². The highest BCUT2D eigenvalue weighted by Gasteiger charge is 2.01. The highest BCUT2D eigenvalue weighted by Crippen LogP contribution is 2.11. The SMILES string of the molecule is Cc1ccc(CNc2cc(NCCS)ncn2)o1. The lowest BCUT2D eigenvalue weighted by Crippen LogP contribution is -2.06. The molecular weight excluding hydrogens is 248 g/mol. The molecule has 0 radical (unpaired) electrons. The van der Waals surface area contributed by atoms with Crippen LogP contribution >= 0.6 is 12.6 Å². The van der Waals surface area contributed by atoms with Crippen LogP contribution in [0.4, 0.5) is 11.6 Å². The summed E-state index contributed by atoms with van der Waals surface area (Å²) in [6.45, 7) is 3.31. The summed E-state index contributed by atoms with van der Waals surface area (Å²) in [5.74, 6) is 4.11. The van der Waals surface area contributed by atoms with Crippen molar-refractivity contribution in [2.24, 2.45) is 0 Å². The van der Waals surface area contributed by atoms with E-state index in [1.807, 2.05) is 25.1 Å². The summed E-state index contributed by atoms with van der Waals surface area (Å²) in [4.78, 5) is 8.26. The number of rotatable bonds is 6. The molecule has 0 aliphatic rings. The molecular formula is C12H16N4OS. The van der Waals surface area contributed by atoms with Gasteiger partial charge in [-0.05, 0) is 19.1 Å². The molecule has 5 nitrogen and oxygen atoms in total. The summed E-state index contributed by atoms with van der Waals surface area (Å²) < 4.78 is 5.47. The first-order valence-corrected chi connectivity index (χ1v) is 6.37. The Bertz CT molecular complexity index is 500. The van der Waals surface area contributed by atoms with Gasteiger partial charge in [0.25, 0.3) is 0 Å². The Morgan fingerprint density at radius 2 is 2.00 bits per heavy atom. The zero-order chi connectivity index (χ0) is 12.8. The van der Waals surface area contributed by atoms with Crippen LogP contribution < -0.4 is 10.6 Å². The minimum absolute atomic E-state index is 0.608. The van der Waals surface area contributed by atoms with Gasteiger partial charge in [0.1, 0.15) is 29.5 Å². The van der Waals surface area contributed by atoms with Gasteiger partial charge in [-0.25, -0.2) is 9.97 Å². The van der Waals surface area contributed by atoms with E-state index in [-0.39, 0.29) is 0 Å². The van der Waals surface area contributed by atoms with Crippen molar-refractivity contribution in [3.63, 3.8) is 0 Å². The summed E-state index contributed by atoms with van der Waals surface area (Å²) in [6, 6.07) is 5.75. The fourth-order valence-corrected chi connectivity index (χ4v) is 1.60. The number of thiol groups is 1. The maximum atomic E-state index is 5.47. The van der Waals surface area contributed by atoms with Gasteiger partial charge in [0.2, 0.25) is 0 Å². The Kier molecular flexibility index (Phi) is 4.46. The molecule has 2 N–H and O–H groups in total. The lowest BCUT2D eigenvalue weighted by atomic mass is 10.4. The van der Waals surface area contributed by atoms with Gasteiger partial charge in [0, 0.05) is 18.4 Å². The van der Waals surface area contributed by atoms with Crippen molar-refractivity contribution >= 4 is 24.3 Å². The zero-order valence-electron chi connectivity index (χ0n) is 10.2. The Balaban J connectivity index is 1.92. The normalized spacial score (nSPS) is 10.3. The quantitative estimate of drug-likeness (QED) is 0.699. The summed E-state index contributed by atoms with van der Waals surface area (Å²) >= 11 is 4.13. The standard InChI is InChI=1S/C12H16N4OS/c1-9-2-3-10(17-9)7-14-12-6-11(13-4-5-18)15-8-16-12/h2-3,6,8,18H,4-5,7H2,1H3,(H2,13,14,15,16). The molecule has 0 bridgehead atoms. The minimum Gasteiger partial charge on any atom is -0.465 e. The molecule has 0 atom stereocenters. The molecule has 0 saturated heterocycles. The molecule has 0 saturated carbocycles. The van der Waals surface area contributed by atoms with Gasteiger partial charge in [-0.15, -0.1) is 0 Å². The Hall–Kier alpha value is -1.69. The molecule has 2 rings (SSSR count). The van der Waals surface area contributed by atoms with E-state index < -0.39 is 0 Å². The van der Waals surface area contributed by atoms with E-state index in [2.05, 4.69) is 33.2 Å². The number of anilines is 2. The predicted molar refractivity (Wildman–Crippen MR) is 75.1 cm³/mol. The lowest BCUT2D eigenvalue weighted by molar-refractivity contribution is 0.490. The van der Waals surface area contributed by atoms with E-state index in [1.54, 1.807) is 0 Å². The van der Waals surface area contributed by atoms with Gasteiger partial charge in [-0.1, -0.05) is 0 Å². The van der Waals surface area contributed by atoms with E-state index in [9.17, 15) is 0 Å². The van der Waals surface area contributed by atoms with Crippen LogP contribution in [0.5, 0.6) is 0 Å². The monoisotopic (exact) mass is 264 g/mol. The third-order valence-electron chi connectivity index (χ3n) is 2.32. The first-order chi connectivity index (χ1) is 8.78. The van der Waals surface area contributed by atoms with Crippen molar-refractivity contribution < 1.29 is 4.42 Å². The fourth-order valence-electron chi connectivity index (χ4n) is 1.49. The molecule has 0 spiro atoms. The first kappa shape index (κ1) is 12.8. The summed E-state index contributed by atoms with van der Waals surface area (Å²) in [6.07, 6.45) is 1.52. The molecule has 2 heterocycles. The first-order valence-electron chi connectivity index (χ1n) is 5.74. The highest BCUT2D eigenvalue weighted by atomic mass is 32.1. The molecule has 6 heteroatoms. The molecule has 18 heavy (non-hydrogen) atoms. The lowest BCUT2D eigenvalue weighted by Gasteiger charge is -2.06. The molecule has 0 fully saturated rings. The van der Waals surface area contributed by atoms with Crippen LogP contribution in [0.25, 0.3) is 0 Å². The minimum atomic E-state index is 0.608. The number of aryl methyl sites for hydroxylation is 1. The molecule has 0 aliphatic carbocycles. The third kappa shape index (κ3) is 3.66. The Morgan fingerprint density at radius 3 is 2.67 bits per heavy atom. The summed E-state index contributed by atoms with van der Waals surface area (Å²) in [5, 5.41) is 6.33. The topological polar surface area (TPSA) is 63.0 Å². The van der Waals surface area contributed by atoms with Crippen molar-refractivity contribution in [2.45, 2.75) is 13.5 Å². The van der Waals surface area contributed by atoms with E-state index in [4.69, 9.17) is 4.42 Å². The maximum Gasteiger partial charge on any atom is 0.131 e. The summed E-state index contributed by atoms with van der Waals surface area (Å²) in [5.41, 5.74) is 0. The number of aromatic nitrogens is 2. The van der Waals surface area contributed by atoms with E-state index in [0.717, 1.165) is 35.5 Å². The van der Waals surface area contributed by atoms with Gasteiger partial charge in [0.15, 0.2) is 0 Å². The van der Waals surface area contributed by atoms with Gasteiger partial charge in [-0.3, -0.25) is 0 Å². The Morgan fingerprint density at radius 1 is 1.22 bits per heavy atom. The van der Waals surface area contributed by atoms with Gasteiger partial charge in [0.05, 0.1) is 6.54 Å². The van der Waals surface area contributed by atoms with Crippen molar-refractivity contribution in [1.82, 2.24) is 9.97 Å². The molecule has 2 aromatic rings. The van der Waals surface area contributed by atoms with Crippen molar-refractivity contribution in [3.8, 4) is 0 Å². The van der Waals surface area contributed by atoms with E-state index in [1.165, 1.54) is 6.33 Å². The number of furan rings is 1.